The number of rotatable bonds is 1. The molecule has 2 aromatic rings. The molecule has 0 unspecified atom stereocenters. The van der Waals surface area contributed by atoms with Crippen LogP contribution in [0.25, 0.3) is 10.8 Å². The molecule has 0 fully saturated rings. The summed E-state index contributed by atoms with van der Waals surface area (Å²) in [7, 11) is 0. The van der Waals surface area contributed by atoms with E-state index in [0.29, 0.717) is 11.3 Å². The Morgan fingerprint density at radius 3 is 2.39 bits per heavy atom. The SMILES string of the molecule is CC(C)[C@H]1OC(=O)c2cc3ccccc3cc2O1. The second-order valence-corrected chi connectivity index (χ2v) is 4.83. The molecule has 2 aromatic carbocycles. The van der Waals surface area contributed by atoms with Crippen molar-refractivity contribution in [1.29, 1.82) is 0 Å². The average Bonchev–Trinajstić information content (AvgIpc) is 2.36. The zero-order chi connectivity index (χ0) is 12.7. The van der Waals surface area contributed by atoms with Crippen molar-refractivity contribution in [2.24, 2.45) is 5.92 Å². The van der Waals surface area contributed by atoms with Crippen LogP contribution in [0.4, 0.5) is 0 Å². The first-order chi connectivity index (χ1) is 8.65. The highest BCUT2D eigenvalue weighted by atomic mass is 16.7. The van der Waals surface area contributed by atoms with Crippen LogP contribution in [-0.2, 0) is 4.74 Å². The zero-order valence-electron chi connectivity index (χ0n) is 10.3. The number of hydrogen-bond acceptors (Lipinski definition) is 3. The smallest absolute Gasteiger partial charge is 0.345 e. The fraction of sp³-hybridized carbons (Fsp3) is 0.267. The van der Waals surface area contributed by atoms with Crippen LogP contribution >= 0.6 is 0 Å². The molecule has 0 saturated carbocycles. The Labute approximate surface area is 105 Å². The summed E-state index contributed by atoms with van der Waals surface area (Å²) >= 11 is 0. The Morgan fingerprint density at radius 1 is 1.06 bits per heavy atom. The molecule has 18 heavy (non-hydrogen) atoms. The van der Waals surface area contributed by atoms with Gasteiger partial charge in [-0.25, -0.2) is 4.79 Å². The van der Waals surface area contributed by atoms with Crippen LogP contribution < -0.4 is 4.74 Å². The average molecular weight is 242 g/mol. The third-order valence-corrected chi connectivity index (χ3v) is 3.08. The highest BCUT2D eigenvalue weighted by Gasteiger charge is 2.29. The summed E-state index contributed by atoms with van der Waals surface area (Å²) in [5, 5.41) is 2.08. The molecular weight excluding hydrogens is 228 g/mol. The Kier molecular flexibility index (Phi) is 2.47. The molecule has 0 amide bonds. The Morgan fingerprint density at radius 2 is 1.72 bits per heavy atom. The van der Waals surface area contributed by atoms with Gasteiger partial charge in [0.2, 0.25) is 6.29 Å². The largest absolute Gasteiger partial charge is 0.454 e. The molecule has 0 radical (unpaired) electrons. The fourth-order valence-corrected chi connectivity index (χ4v) is 2.07. The highest BCUT2D eigenvalue weighted by molar-refractivity contribution is 5.99. The van der Waals surface area contributed by atoms with Gasteiger partial charge in [-0.05, 0) is 22.9 Å². The third-order valence-electron chi connectivity index (χ3n) is 3.08. The van der Waals surface area contributed by atoms with Crippen LogP contribution in [0.1, 0.15) is 24.2 Å². The predicted molar refractivity (Wildman–Crippen MR) is 68.6 cm³/mol. The van der Waals surface area contributed by atoms with Crippen molar-refractivity contribution in [3.8, 4) is 5.75 Å². The van der Waals surface area contributed by atoms with Crippen molar-refractivity contribution in [3.63, 3.8) is 0 Å². The van der Waals surface area contributed by atoms with Crippen molar-refractivity contribution in [3.05, 3.63) is 42.0 Å². The summed E-state index contributed by atoms with van der Waals surface area (Å²) in [6.07, 6.45) is -0.494. The first-order valence-electron chi connectivity index (χ1n) is 6.05. The minimum atomic E-state index is -0.494. The molecule has 3 heteroatoms. The summed E-state index contributed by atoms with van der Waals surface area (Å²) in [6.45, 7) is 3.92. The topological polar surface area (TPSA) is 35.5 Å². The monoisotopic (exact) mass is 242 g/mol. The lowest BCUT2D eigenvalue weighted by Gasteiger charge is -2.28. The van der Waals surface area contributed by atoms with Gasteiger partial charge in [-0.15, -0.1) is 0 Å². The van der Waals surface area contributed by atoms with E-state index >= 15 is 0 Å². The molecule has 92 valence electrons. The van der Waals surface area contributed by atoms with E-state index in [1.807, 2.05) is 50.2 Å². The van der Waals surface area contributed by atoms with Gasteiger partial charge in [-0.2, -0.15) is 0 Å². The Balaban J connectivity index is 2.13. The van der Waals surface area contributed by atoms with Crippen molar-refractivity contribution in [2.45, 2.75) is 20.1 Å². The molecule has 0 bridgehead atoms. The third kappa shape index (κ3) is 1.72. The minimum Gasteiger partial charge on any atom is -0.454 e. The van der Waals surface area contributed by atoms with Crippen LogP contribution in [0, 0.1) is 5.92 Å². The molecular formula is C15H14O3. The van der Waals surface area contributed by atoms with Crippen LogP contribution in [0.15, 0.2) is 36.4 Å². The Bertz CT molecular complexity index is 616. The molecule has 0 aliphatic carbocycles. The second-order valence-electron chi connectivity index (χ2n) is 4.83. The van der Waals surface area contributed by atoms with Gasteiger partial charge in [-0.3, -0.25) is 0 Å². The van der Waals surface area contributed by atoms with E-state index in [1.165, 1.54) is 0 Å². The maximum Gasteiger partial charge on any atom is 0.345 e. The van der Waals surface area contributed by atoms with Crippen LogP contribution in [0.2, 0.25) is 0 Å². The lowest BCUT2D eigenvalue weighted by molar-refractivity contribution is -0.0838. The number of carbonyl (C=O) groups excluding carboxylic acids is 1. The molecule has 3 nitrogen and oxygen atoms in total. The van der Waals surface area contributed by atoms with Crippen LogP contribution in [-0.4, -0.2) is 12.3 Å². The van der Waals surface area contributed by atoms with Gasteiger partial charge in [0.15, 0.2) is 0 Å². The highest BCUT2D eigenvalue weighted by Crippen LogP contribution is 2.32. The van der Waals surface area contributed by atoms with Crippen LogP contribution in [0.5, 0.6) is 5.75 Å². The maximum atomic E-state index is 11.9. The zero-order valence-corrected chi connectivity index (χ0v) is 10.3. The number of carbonyl (C=O) groups is 1. The summed E-state index contributed by atoms with van der Waals surface area (Å²) in [4.78, 5) is 11.9. The van der Waals surface area contributed by atoms with E-state index in [4.69, 9.17) is 9.47 Å². The molecule has 3 rings (SSSR count). The number of benzene rings is 2. The molecule has 0 aromatic heterocycles. The lowest BCUT2D eigenvalue weighted by atomic mass is 10.0. The predicted octanol–water partition coefficient (Wildman–Crippen LogP) is 3.37. The van der Waals surface area contributed by atoms with E-state index in [1.54, 1.807) is 0 Å². The molecule has 1 aliphatic heterocycles. The van der Waals surface area contributed by atoms with Gasteiger partial charge in [0.05, 0.1) is 0 Å². The number of ether oxygens (including phenoxy) is 2. The summed E-state index contributed by atoms with van der Waals surface area (Å²) < 4.78 is 11.0. The van der Waals surface area contributed by atoms with Gasteiger partial charge in [0, 0.05) is 5.92 Å². The number of fused-ring (bicyclic) bond motifs is 2. The van der Waals surface area contributed by atoms with E-state index in [-0.39, 0.29) is 11.9 Å². The van der Waals surface area contributed by atoms with Crippen LogP contribution in [0.3, 0.4) is 0 Å². The van der Waals surface area contributed by atoms with Gasteiger partial charge in [0.1, 0.15) is 11.3 Å². The summed E-state index contributed by atoms with van der Waals surface area (Å²) in [6, 6.07) is 11.6. The van der Waals surface area contributed by atoms with Crippen molar-refractivity contribution >= 4 is 16.7 Å². The first kappa shape index (κ1) is 11.1. The maximum absolute atomic E-state index is 11.9. The first-order valence-corrected chi connectivity index (χ1v) is 6.05. The number of cyclic esters (lactones) is 1. The second kappa shape index (κ2) is 4.02. The van der Waals surface area contributed by atoms with E-state index in [2.05, 4.69) is 0 Å². The summed E-state index contributed by atoms with van der Waals surface area (Å²) in [5.41, 5.74) is 0.505. The molecule has 0 N–H and O–H groups in total. The fourth-order valence-electron chi connectivity index (χ4n) is 2.07. The molecule has 1 aliphatic rings. The van der Waals surface area contributed by atoms with E-state index < -0.39 is 6.29 Å². The van der Waals surface area contributed by atoms with Crippen molar-refractivity contribution in [1.82, 2.24) is 0 Å². The van der Waals surface area contributed by atoms with Gasteiger partial charge in [-0.1, -0.05) is 38.1 Å². The van der Waals surface area contributed by atoms with E-state index in [0.717, 1.165) is 10.8 Å². The van der Waals surface area contributed by atoms with E-state index in [9.17, 15) is 4.79 Å². The van der Waals surface area contributed by atoms with Crippen molar-refractivity contribution in [2.75, 3.05) is 0 Å². The van der Waals surface area contributed by atoms with Gasteiger partial charge in [0.25, 0.3) is 0 Å². The molecule has 0 saturated heterocycles. The quantitative estimate of drug-likeness (QED) is 0.719. The standard InChI is InChI=1S/C15H14O3/c1-9(2)15-17-13-8-11-6-4-3-5-10(11)7-12(13)14(16)18-15/h3-9,15H,1-2H3/t15-/m1/s1. The molecule has 1 atom stereocenters. The Hall–Kier alpha value is -2.03. The lowest BCUT2D eigenvalue weighted by Crippen LogP contribution is -2.34. The number of esters is 1. The minimum absolute atomic E-state index is 0.133. The number of hydrogen-bond donors (Lipinski definition) is 0. The van der Waals surface area contributed by atoms with Gasteiger partial charge < -0.3 is 9.47 Å². The van der Waals surface area contributed by atoms with Crippen molar-refractivity contribution < 1.29 is 14.3 Å². The summed E-state index contributed by atoms with van der Waals surface area (Å²) in [5.74, 6) is 0.443. The normalized spacial score (nSPS) is 18.4. The molecule has 0 spiro atoms. The van der Waals surface area contributed by atoms with Gasteiger partial charge >= 0.3 is 5.97 Å². The molecule has 1 heterocycles.